The third-order valence-electron chi connectivity index (χ3n) is 5.44. The van der Waals surface area contributed by atoms with Gasteiger partial charge < -0.3 is 9.40 Å². The van der Waals surface area contributed by atoms with E-state index in [1.54, 1.807) is 0 Å². The minimum atomic E-state index is -0.439. The van der Waals surface area contributed by atoms with Crippen molar-refractivity contribution in [3.63, 3.8) is 0 Å². The van der Waals surface area contributed by atoms with Crippen molar-refractivity contribution in [1.29, 1.82) is 0 Å². The van der Waals surface area contributed by atoms with E-state index in [9.17, 15) is 9.59 Å². The normalized spacial score (nSPS) is 14.1. The summed E-state index contributed by atoms with van der Waals surface area (Å²) in [5.41, 5.74) is 6.12. The van der Waals surface area contributed by atoms with Gasteiger partial charge in [0.15, 0.2) is 5.78 Å². The van der Waals surface area contributed by atoms with Crippen LogP contribution in [0.2, 0.25) is 0 Å². The van der Waals surface area contributed by atoms with Gasteiger partial charge in [-0.15, -0.1) is 0 Å². The molecule has 0 saturated carbocycles. The van der Waals surface area contributed by atoms with Crippen molar-refractivity contribution >= 4 is 39.3 Å². The number of oxime groups is 1. The van der Waals surface area contributed by atoms with Crippen LogP contribution in [0.25, 0.3) is 21.8 Å². The monoisotopic (exact) mass is 382 g/mol. The molecule has 0 unspecified atom stereocenters. The van der Waals surface area contributed by atoms with Gasteiger partial charge in [-0.05, 0) is 30.7 Å². The molecule has 0 saturated heterocycles. The molecule has 4 aromatic rings. The molecule has 1 aliphatic heterocycles. The number of rotatable bonds is 3. The zero-order valence-corrected chi connectivity index (χ0v) is 16.1. The molecular weight excluding hydrogens is 364 g/mol. The smallest absolute Gasteiger partial charge is 0.331 e. The molecule has 0 fully saturated rings. The lowest BCUT2D eigenvalue weighted by Crippen LogP contribution is -2.06. The molecule has 0 aliphatic carbocycles. The second-order valence-electron chi connectivity index (χ2n) is 7.28. The SMILES string of the molecule is CC(=O)O/N=C1\Cn2c3ccc(C(=O)c4ccccc4C)cc3c3cccc1c32. The zero-order chi connectivity index (χ0) is 20.1. The van der Waals surface area contributed by atoms with Crippen molar-refractivity contribution in [2.45, 2.75) is 20.4 Å². The molecular formula is C24H18N2O3. The number of carbonyl (C=O) groups is 2. The summed E-state index contributed by atoms with van der Waals surface area (Å²) in [7, 11) is 0. The van der Waals surface area contributed by atoms with E-state index in [0.29, 0.717) is 12.1 Å². The lowest BCUT2D eigenvalue weighted by molar-refractivity contribution is -0.140. The van der Waals surface area contributed by atoms with Crippen LogP contribution in [0, 0.1) is 6.92 Å². The number of benzene rings is 3. The van der Waals surface area contributed by atoms with E-state index < -0.39 is 5.97 Å². The Kier molecular flexibility index (Phi) is 3.84. The highest BCUT2D eigenvalue weighted by Gasteiger charge is 2.25. The average molecular weight is 382 g/mol. The third-order valence-corrected chi connectivity index (χ3v) is 5.44. The minimum absolute atomic E-state index is 0.0243. The van der Waals surface area contributed by atoms with Crippen LogP contribution in [0.15, 0.2) is 65.8 Å². The van der Waals surface area contributed by atoms with Crippen LogP contribution in [0.5, 0.6) is 0 Å². The number of carbonyl (C=O) groups excluding carboxylic acids is 2. The molecule has 5 nitrogen and oxygen atoms in total. The zero-order valence-electron chi connectivity index (χ0n) is 16.1. The molecule has 3 aromatic carbocycles. The highest BCUT2D eigenvalue weighted by atomic mass is 16.7. The molecule has 1 aliphatic rings. The average Bonchev–Trinajstić information content (AvgIpc) is 3.25. The Morgan fingerprint density at radius 1 is 1.00 bits per heavy atom. The Morgan fingerprint density at radius 3 is 2.62 bits per heavy atom. The van der Waals surface area contributed by atoms with Crippen LogP contribution in [0.4, 0.5) is 0 Å². The van der Waals surface area contributed by atoms with Gasteiger partial charge in [0.25, 0.3) is 0 Å². The van der Waals surface area contributed by atoms with Gasteiger partial charge in [-0.3, -0.25) is 4.79 Å². The number of hydrogen-bond donors (Lipinski definition) is 0. The molecule has 2 heterocycles. The summed E-state index contributed by atoms with van der Waals surface area (Å²) in [6.45, 7) is 3.81. The Bertz CT molecular complexity index is 1360. The molecule has 0 amide bonds. The van der Waals surface area contributed by atoms with E-state index in [-0.39, 0.29) is 5.78 Å². The molecule has 0 bridgehead atoms. The Morgan fingerprint density at radius 2 is 1.83 bits per heavy atom. The second kappa shape index (κ2) is 6.41. The highest BCUT2D eigenvalue weighted by Crippen LogP contribution is 2.36. The van der Waals surface area contributed by atoms with Crippen molar-refractivity contribution in [3.05, 3.63) is 82.9 Å². The third kappa shape index (κ3) is 2.66. The number of ketones is 1. The van der Waals surface area contributed by atoms with Crippen LogP contribution in [-0.4, -0.2) is 22.0 Å². The first kappa shape index (κ1) is 17.4. The van der Waals surface area contributed by atoms with Crippen LogP contribution in [0.1, 0.15) is 34.0 Å². The van der Waals surface area contributed by atoms with Crippen molar-refractivity contribution in [1.82, 2.24) is 4.57 Å². The highest BCUT2D eigenvalue weighted by molar-refractivity contribution is 6.22. The topological polar surface area (TPSA) is 60.7 Å². The van der Waals surface area contributed by atoms with Crippen molar-refractivity contribution in [2.75, 3.05) is 0 Å². The molecule has 5 rings (SSSR count). The molecule has 0 atom stereocenters. The van der Waals surface area contributed by atoms with Crippen LogP contribution in [0.3, 0.4) is 0 Å². The summed E-state index contributed by atoms with van der Waals surface area (Å²) in [5, 5.41) is 6.12. The maximum Gasteiger partial charge on any atom is 0.331 e. The fraction of sp³-hybridized carbons (Fsp3) is 0.125. The van der Waals surface area contributed by atoms with Gasteiger partial charge in [-0.25, -0.2) is 4.79 Å². The van der Waals surface area contributed by atoms with Crippen LogP contribution >= 0.6 is 0 Å². The Labute approximate surface area is 167 Å². The number of fused-ring (bicyclic) bond motifs is 3. The summed E-state index contributed by atoms with van der Waals surface area (Å²) in [4.78, 5) is 29.1. The Hall–Kier alpha value is -3.73. The predicted octanol–water partition coefficient (Wildman–Crippen LogP) is 4.61. The lowest BCUT2D eigenvalue weighted by atomic mass is 9.97. The molecule has 1 aromatic heterocycles. The number of hydrogen-bond acceptors (Lipinski definition) is 4. The summed E-state index contributed by atoms with van der Waals surface area (Å²) in [5.74, 6) is -0.415. The molecule has 0 spiro atoms. The number of para-hydroxylation sites is 1. The predicted molar refractivity (Wildman–Crippen MR) is 112 cm³/mol. The van der Waals surface area contributed by atoms with Crippen molar-refractivity contribution in [3.8, 4) is 0 Å². The van der Waals surface area contributed by atoms with Crippen LogP contribution in [-0.2, 0) is 16.2 Å². The van der Waals surface area contributed by atoms with Gasteiger partial charge in [0.1, 0.15) is 5.71 Å². The van der Waals surface area contributed by atoms with E-state index in [4.69, 9.17) is 4.84 Å². The maximum atomic E-state index is 13.1. The van der Waals surface area contributed by atoms with Crippen LogP contribution < -0.4 is 0 Å². The molecule has 0 radical (unpaired) electrons. The fourth-order valence-corrected chi connectivity index (χ4v) is 4.11. The van der Waals surface area contributed by atoms with E-state index in [2.05, 4.69) is 15.8 Å². The van der Waals surface area contributed by atoms with Crippen molar-refractivity contribution < 1.29 is 14.4 Å². The summed E-state index contributed by atoms with van der Waals surface area (Å²) < 4.78 is 2.16. The lowest BCUT2D eigenvalue weighted by Gasteiger charge is -2.06. The van der Waals surface area contributed by atoms with Gasteiger partial charge in [0, 0.05) is 39.9 Å². The van der Waals surface area contributed by atoms with Crippen molar-refractivity contribution in [2.24, 2.45) is 5.16 Å². The van der Waals surface area contributed by atoms with E-state index in [0.717, 1.165) is 44.2 Å². The summed E-state index contributed by atoms with van der Waals surface area (Å²) >= 11 is 0. The molecule has 142 valence electrons. The van der Waals surface area contributed by atoms with Gasteiger partial charge in [0.2, 0.25) is 0 Å². The standard InChI is InChI=1S/C24H18N2O3/c1-14-6-3-4-7-17(14)24(28)16-10-11-22-20(12-16)18-8-5-9-19-21(25-29-15(2)27)13-26(22)23(18)19/h3-12H,13H2,1-2H3/b25-21+. The van der Waals surface area contributed by atoms with Gasteiger partial charge in [0.05, 0.1) is 12.1 Å². The second-order valence-corrected chi connectivity index (χ2v) is 7.28. The van der Waals surface area contributed by atoms with Gasteiger partial charge in [-0.2, -0.15) is 0 Å². The fourth-order valence-electron chi connectivity index (χ4n) is 4.11. The summed E-state index contributed by atoms with van der Waals surface area (Å²) in [6.07, 6.45) is 0. The maximum absolute atomic E-state index is 13.1. The molecule has 0 N–H and O–H groups in total. The number of aromatic nitrogens is 1. The van der Waals surface area contributed by atoms with Gasteiger partial charge in [-0.1, -0.05) is 47.6 Å². The Balaban J connectivity index is 1.67. The summed E-state index contributed by atoms with van der Waals surface area (Å²) in [6, 6.07) is 19.5. The first-order chi connectivity index (χ1) is 14.0. The van der Waals surface area contributed by atoms with E-state index in [1.165, 1.54) is 6.92 Å². The number of aryl methyl sites for hydroxylation is 1. The first-order valence-corrected chi connectivity index (χ1v) is 9.44. The van der Waals surface area contributed by atoms with Gasteiger partial charge >= 0.3 is 5.97 Å². The van der Waals surface area contributed by atoms with E-state index >= 15 is 0 Å². The number of nitrogens with zero attached hydrogens (tertiary/aromatic N) is 2. The first-order valence-electron chi connectivity index (χ1n) is 9.44. The quantitative estimate of drug-likeness (QED) is 0.295. The minimum Gasteiger partial charge on any atom is -0.334 e. The largest absolute Gasteiger partial charge is 0.334 e. The molecule has 29 heavy (non-hydrogen) atoms. The molecule has 5 heteroatoms. The van der Waals surface area contributed by atoms with E-state index in [1.807, 2.05) is 61.5 Å².